The minimum atomic E-state index is -4.05. The van der Waals surface area contributed by atoms with Crippen LogP contribution in [0.2, 0.25) is 0 Å². The molecule has 8 nitrogen and oxygen atoms in total. The summed E-state index contributed by atoms with van der Waals surface area (Å²) in [5.74, 6) is -0.756. The fraction of sp³-hybridized carbons (Fsp3) is 0.391. The van der Waals surface area contributed by atoms with Gasteiger partial charge in [0.1, 0.15) is 16.7 Å². The second-order valence-corrected chi connectivity index (χ2v) is 9.70. The molecule has 1 atom stereocenters. The quantitative estimate of drug-likeness (QED) is 0.622. The lowest BCUT2D eigenvalue weighted by Gasteiger charge is -2.33. The van der Waals surface area contributed by atoms with E-state index in [0.717, 1.165) is 11.1 Å². The molecule has 2 aromatic carbocycles. The van der Waals surface area contributed by atoms with Gasteiger partial charge in [0.25, 0.3) is 0 Å². The first-order valence-electron chi connectivity index (χ1n) is 10.5. The third-order valence-electron chi connectivity index (χ3n) is 5.70. The number of hydrogen-bond acceptors (Lipinski definition) is 5. The number of rotatable bonds is 8. The Kier molecular flexibility index (Phi) is 7.52. The summed E-state index contributed by atoms with van der Waals surface area (Å²) >= 11 is 0. The smallest absolute Gasteiger partial charge is 0.244 e. The summed E-state index contributed by atoms with van der Waals surface area (Å²) in [7, 11) is -2.65. The topological polar surface area (TPSA) is 119 Å². The second-order valence-electron chi connectivity index (χ2n) is 8.02. The molecular weight excluding hydrogens is 430 g/mol. The van der Waals surface area contributed by atoms with Crippen LogP contribution in [0.15, 0.2) is 53.4 Å². The van der Waals surface area contributed by atoms with Crippen molar-refractivity contribution in [3.63, 3.8) is 0 Å². The Morgan fingerprint density at radius 2 is 1.81 bits per heavy atom. The lowest BCUT2D eigenvalue weighted by molar-refractivity contribution is -0.136. The SMILES string of the molecule is COc1ccc(C)cc1S(=O)(=O)NC(Cc1ccccc1)C(=O)N1CCC(C(N)=O)CC1. The van der Waals surface area contributed by atoms with E-state index in [2.05, 4.69) is 4.72 Å². The summed E-state index contributed by atoms with van der Waals surface area (Å²) < 4.78 is 34.4. The molecule has 1 aliphatic heterocycles. The number of hydrogen-bond donors (Lipinski definition) is 2. The number of sulfonamides is 1. The van der Waals surface area contributed by atoms with E-state index in [4.69, 9.17) is 10.5 Å². The molecule has 0 aromatic heterocycles. The van der Waals surface area contributed by atoms with Crippen molar-refractivity contribution in [3.05, 3.63) is 59.7 Å². The number of nitrogens with one attached hydrogen (secondary N) is 1. The standard InChI is InChI=1S/C23H29N3O5S/c1-16-8-9-20(31-2)21(14-16)32(29,30)25-19(15-17-6-4-3-5-7-17)23(28)26-12-10-18(11-13-26)22(24)27/h3-9,14,18-19,25H,10-13,15H2,1-2H3,(H2,24,27). The fourth-order valence-corrected chi connectivity index (χ4v) is 5.32. The van der Waals surface area contributed by atoms with Crippen LogP contribution in [0.3, 0.4) is 0 Å². The molecule has 32 heavy (non-hydrogen) atoms. The average Bonchev–Trinajstić information content (AvgIpc) is 2.78. The molecule has 2 amide bonds. The highest BCUT2D eigenvalue weighted by atomic mass is 32.2. The van der Waals surface area contributed by atoms with Gasteiger partial charge in [-0.05, 0) is 49.4 Å². The molecule has 3 N–H and O–H groups in total. The van der Waals surface area contributed by atoms with Crippen LogP contribution in [0.5, 0.6) is 5.75 Å². The molecule has 0 bridgehead atoms. The molecule has 1 aliphatic rings. The predicted octanol–water partition coefficient (Wildman–Crippen LogP) is 1.62. The van der Waals surface area contributed by atoms with Crippen molar-refractivity contribution in [1.29, 1.82) is 0 Å². The minimum Gasteiger partial charge on any atom is -0.495 e. The van der Waals surface area contributed by atoms with Gasteiger partial charge in [0, 0.05) is 19.0 Å². The number of methoxy groups -OCH3 is 1. The van der Waals surface area contributed by atoms with Crippen LogP contribution >= 0.6 is 0 Å². The summed E-state index contributed by atoms with van der Waals surface area (Å²) in [6.07, 6.45) is 1.14. The van der Waals surface area contributed by atoms with E-state index in [9.17, 15) is 18.0 Å². The molecule has 0 radical (unpaired) electrons. The Morgan fingerprint density at radius 3 is 2.41 bits per heavy atom. The molecule has 1 unspecified atom stereocenters. The average molecular weight is 460 g/mol. The van der Waals surface area contributed by atoms with Crippen molar-refractivity contribution >= 4 is 21.8 Å². The number of carbonyl (C=O) groups excluding carboxylic acids is 2. The highest BCUT2D eigenvalue weighted by Gasteiger charge is 2.33. The van der Waals surface area contributed by atoms with Gasteiger partial charge in [-0.3, -0.25) is 9.59 Å². The largest absolute Gasteiger partial charge is 0.495 e. The highest BCUT2D eigenvalue weighted by Crippen LogP contribution is 2.26. The molecule has 2 aromatic rings. The van der Waals surface area contributed by atoms with Gasteiger partial charge < -0.3 is 15.4 Å². The van der Waals surface area contributed by atoms with Crippen molar-refractivity contribution in [2.24, 2.45) is 11.7 Å². The van der Waals surface area contributed by atoms with E-state index in [0.29, 0.717) is 25.9 Å². The number of piperidine rings is 1. The molecule has 0 saturated carbocycles. The van der Waals surface area contributed by atoms with Crippen molar-refractivity contribution in [2.45, 2.75) is 37.1 Å². The summed E-state index contributed by atoms with van der Waals surface area (Å²) in [5.41, 5.74) is 6.98. The second kappa shape index (κ2) is 10.1. The normalized spacial score (nSPS) is 15.9. The number of ether oxygens (including phenoxy) is 1. The number of benzene rings is 2. The van der Waals surface area contributed by atoms with Gasteiger partial charge in [-0.2, -0.15) is 4.72 Å². The first kappa shape index (κ1) is 23.7. The third-order valence-corrected chi connectivity index (χ3v) is 7.19. The lowest BCUT2D eigenvalue weighted by atomic mass is 9.95. The zero-order valence-electron chi connectivity index (χ0n) is 18.3. The Balaban J connectivity index is 1.87. The molecule has 3 rings (SSSR count). The van der Waals surface area contributed by atoms with E-state index in [1.807, 2.05) is 30.3 Å². The maximum atomic E-state index is 13.4. The predicted molar refractivity (Wildman–Crippen MR) is 120 cm³/mol. The fourth-order valence-electron chi connectivity index (χ4n) is 3.88. The van der Waals surface area contributed by atoms with Gasteiger partial charge >= 0.3 is 0 Å². The lowest BCUT2D eigenvalue weighted by Crippen LogP contribution is -2.52. The van der Waals surface area contributed by atoms with E-state index < -0.39 is 16.1 Å². The monoisotopic (exact) mass is 459 g/mol. The first-order valence-corrected chi connectivity index (χ1v) is 12.0. The van der Waals surface area contributed by atoms with Gasteiger partial charge in [-0.25, -0.2) is 8.42 Å². The van der Waals surface area contributed by atoms with Crippen molar-refractivity contribution in [2.75, 3.05) is 20.2 Å². The molecule has 172 valence electrons. The number of primary amides is 1. The van der Waals surface area contributed by atoms with Crippen LogP contribution in [0, 0.1) is 12.8 Å². The maximum Gasteiger partial charge on any atom is 0.244 e. The molecule has 0 aliphatic carbocycles. The molecule has 9 heteroatoms. The summed E-state index contributed by atoms with van der Waals surface area (Å²) in [4.78, 5) is 26.4. The first-order chi connectivity index (χ1) is 15.2. The molecular formula is C23H29N3O5S. The van der Waals surface area contributed by atoms with Crippen molar-refractivity contribution < 1.29 is 22.7 Å². The summed E-state index contributed by atoms with van der Waals surface area (Å²) in [6, 6.07) is 13.1. The van der Waals surface area contributed by atoms with Crippen LogP contribution in [-0.4, -0.2) is 51.4 Å². The van der Waals surface area contributed by atoms with E-state index in [1.165, 1.54) is 13.2 Å². The number of nitrogens with zero attached hydrogens (tertiary/aromatic N) is 1. The maximum absolute atomic E-state index is 13.4. The molecule has 0 spiro atoms. The van der Waals surface area contributed by atoms with Crippen LogP contribution in [0.25, 0.3) is 0 Å². The van der Waals surface area contributed by atoms with Gasteiger partial charge in [0.15, 0.2) is 0 Å². The van der Waals surface area contributed by atoms with Crippen LogP contribution in [0.1, 0.15) is 24.0 Å². The Bertz CT molecular complexity index is 1060. The van der Waals surface area contributed by atoms with Crippen LogP contribution in [-0.2, 0) is 26.0 Å². The minimum absolute atomic E-state index is 0.0155. The molecule has 1 heterocycles. The van der Waals surface area contributed by atoms with Crippen LogP contribution < -0.4 is 15.2 Å². The molecule has 1 fully saturated rings. The number of likely N-dealkylation sites (tertiary alicyclic amines) is 1. The summed E-state index contributed by atoms with van der Waals surface area (Å²) in [6.45, 7) is 2.49. The van der Waals surface area contributed by atoms with Gasteiger partial charge in [-0.15, -0.1) is 0 Å². The van der Waals surface area contributed by atoms with Gasteiger partial charge in [0.2, 0.25) is 21.8 Å². The van der Waals surface area contributed by atoms with E-state index in [1.54, 1.807) is 24.0 Å². The third kappa shape index (κ3) is 5.66. The van der Waals surface area contributed by atoms with E-state index >= 15 is 0 Å². The van der Waals surface area contributed by atoms with Gasteiger partial charge in [0.05, 0.1) is 7.11 Å². The number of amides is 2. The van der Waals surface area contributed by atoms with Crippen molar-refractivity contribution in [1.82, 2.24) is 9.62 Å². The van der Waals surface area contributed by atoms with Crippen LogP contribution in [0.4, 0.5) is 0 Å². The molecule has 1 saturated heterocycles. The zero-order chi connectivity index (χ0) is 23.3. The van der Waals surface area contributed by atoms with E-state index in [-0.39, 0.29) is 34.8 Å². The zero-order valence-corrected chi connectivity index (χ0v) is 19.1. The Hall–Kier alpha value is -2.91. The van der Waals surface area contributed by atoms with Gasteiger partial charge in [-0.1, -0.05) is 36.4 Å². The number of aryl methyl sites for hydroxylation is 1. The Morgan fingerprint density at radius 1 is 1.16 bits per heavy atom. The summed E-state index contributed by atoms with van der Waals surface area (Å²) in [5, 5.41) is 0. The van der Waals surface area contributed by atoms with Crippen molar-refractivity contribution in [3.8, 4) is 5.75 Å². The number of nitrogens with two attached hydrogens (primary N) is 1. The highest BCUT2D eigenvalue weighted by molar-refractivity contribution is 7.89. The number of carbonyl (C=O) groups is 2. The Labute approximate surface area is 188 Å².